The first-order valence-electron chi connectivity index (χ1n) is 10.9. The predicted octanol–water partition coefficient (Wildman–Crippen LogP) is 2.24. The molecule has 1 saturated heterocycles. The van der Waals surface area contributed by atoms with Crippen LogP contribution in [0, 0.1) is 0 Å². The molecule has 198 valence electrons. The zero-order valence-corrected chi connectivity index (χ0v) is 22.1. The number of esters is 1. The molecular weight excluding hydrogens is 538 g/mol. The Labute approximate surface area is 216 Å². The van der Waals surface area contributed by atoms with Gasteiger partial charge in [-0.2, -0.15) is 4.98 Å². The van der Waals surface area contributed by atoms with E-state index in [9.17, 15) is 14.7 Å². The molecule has 1 fully saturated rings. The van der Waals surface area contributed by atoms with Crippen LogP contribution in [0.3, 0.4) is 0 Å². The minimum Gasteiger partial charge on any atom is -0.462 e. The Balaban J connectivity index is 1.79. The summed E-state index contributed by atoms with van der Waals surface area (Å²) in [5.74, 6) is -0.320. The lowest BCUT2D eigenvalue weighted by Gasteiger charge is -2.28. The third-order valence-electron chi connectivity index (χ3n) is 4.92. The zero-order chi connectivity index (χ0) is 26.7. The second kappa shape index (κ2) is 11.5. The van der Waals surface area contributed by atoms with E-state index in [0.29, 0.717) is 5.75 Å². The maximum absolute atomic E-state index is 15.3. The molecule has 36 heavy (non-hydrogen) atoms. The number of nitrogens with two attached hydrogens (primary N) is 1. The average molecular weight is 565 g/mol. The summed E-state index contributed by atoms with van der Waals surface area (Å²) >= 11 is 11.5. The molecule has 1 unspecified atom stereocenters. The molecule has 11 nitrogen and oxygen atoms in total. The molecule has 2 heterocycles. The minimum atomic E-state index is -3.49. The monoisotopic (exact) mass is 564 g/mol. The number of para-hydroxylation sites is 1. The Morgan fingerprint density at radius 2 is 2.06 bits per heavy atom. The lowest BCUT2D eigenvalue weighted by atomic mass is 10.1. The fourth-order valence-corrected chi connectivity index (χ4v) is 5.93. The van der Waals surface area contributed by atoms with Crippen molar-refractivity contribution < 1.29 is 32.8 Å². The average Bonchev–Trinajstić information content (AvgIpc) is 3.01. The van der Waals surface area contributed by atoms with Gasteiger partial charge in [0.25, 0.3) is 5.13 Å². The van der Waals surface area contributed by atoms with Crippen molar-refractivity contribution in [1.82, 2.24) is 14.6 Å². The van der Waals surface area contributed by atoms with Crippen molar-refractivity contribution in [3.05, 3.63) is 53.1 Å². The summed E-state index contributed by atoms with van der Waals surface area (Å²) in [6.45, 7) is 0.933. The highest BCUT2D eigenvalue weighted by Gasteiger charge is 2.58. The number of hydrogen-bond donors (Lipinski definition) is 3. The van der Waals surface area contributed by atoms with Gasteiger partial charge in [0.1, 0.15) is 29.8 Å². The lowest BCUT2D eigenvalue weighted by Crippen LogP contribution is -2.41. The Morgan fingerprint density at radius 1 is 1.39 bits per heavy atom. The van der Waals surface area contributed by atoms with Crippen LogP contribution >= 0.6 is 18.2 Å². The van der Waals surface area contributed by atoms with E-state index >= 15 is 4.39 Å². The van der Waals surface area contributed by atoms with E-state index in [-0.39, 0.29) is 11.9 Å². The highest BCUT2D eigenvalue weighted by atomic mass is 35.5. The summed E-state index contributed by atoms with van der Waals surface area (Å²) in [5, 5.41) is 10.4. The SMILES string of the molecule is CC(C)OC(=O)[C@@H](C)NP(=S)(OC[C@H]1O[C@@H](n2ccc(N)nc2=O)[C@](F)(Cl)[C@@H]1O)Oc1ccccc1. The van der Waals surface area contributed by atoms with Crippen LogP contribution in [0.2, 0.25) is 0 Å². The predicted molar refractivity (Wildman–Crippen MR) is 134 cm³/mol. The van der Waals surface area contributed by atoms with Gasteiger partial charge in [-0.1, -0.05) is 29.8 Å². The Morgan fingerprint density at radius 3 is 2.67 bits per heavy atom. The molecule has 15 heteroatoms. The molecule has 1 aliphatic rings. The summed E-state index contributed by atoms with van der Waals surface area (Å²) in [7, 11) is 0. The van der Waals surface area contributed by atoms with Crippen molar-refractivity contribution in [1.29, 1.82) is 0 Å². The molecule has 0 aliphatic carbocycles. The molecule has 0 radical (unpaired) electrons. The van der Waals surface area contributed by atoms with Gasteiger partial charge in [0.2, 0.25) is 0 Å². The van der Waals surface area contributed by atoms with Crippen LogP contribution in [0.4, 0.5) is 10.2 Å². The number of hydrogen-bond acceptors (Lipinski definition) is 10. The van der Waals surface area contributed by atoms with Crippen molar-refractivity contribution in [2.45, 2.75) is 56.5 Å². The molecule has 0 bridgehead atoms. The molecule has 0 amide bonds. The van der Waals surface area contributed by atoms with Crippen LogP contribution < -0.4 is 21.0 Å². The van der Waals surface area contributed by atoms with Gasteiger partial charge in [-0.05, 0) is 50.8 Å². The van der Waals surface area contributed by atoms with Gasteiger partial charge >= 0.3 is 18.3 Å². The highest BCUT2D eigenvalue weighted by Crippen LogP contribution is 2.48. The van der Waals surface area contributed by atoms with Gasteiger partial charge in [0.05, 0.1) is 12.7 Å². The number of nitrogens with one attached hydrogen (secondary N) is 1. The van der Waals surface area contributed by atoms with Crippen molar-refractivity contribution >= 4 is 41.8 Å². The highest BCUT2D eigenvalue weighted by molar-refractivity contribution is 8.09. The van der Waals surface area contributed by atoms with Crippen molar-refractivity contribution in [2.75, 3.05) is 12.3 Å². The third kappa shape index (κ3) is 6.80. The lowest BCUT2D eigenvalue weighted by molar-refractivity contribution is -0.149. The van der Waals surface area contributed by atoms with Crippen LogP contribution in [-0.2, 0) is 30.6 Å². The van der Waals surface area contributed by atoms with Crippen LogP contribution in [0.5, 0.6) is 5.75 Å². The van der Waals surface area contributed by atoms with Crippen molar-refractivity contribution in [3.8, 4) is 5.75 Å². The molecule has 2 aromatic rings. The summed E-state index contributed by atoms with van der Waals surface area (Å²) in [5.41, 5.74) is 4.55. The summed E-state index contributed by atoms with van der Waals surface area (Å²) < 4.78 is 38.4. The van der Waals surface area contributed by atoms with E-state index in [0.717, 1.165) is 10.8 Å². The van der Waals surface area contributed by atoms with Crippen LogP contribution in [0.25, 0.3) is 0 Å². The molecular formula is C21H27ClFN4O7PS. The fraction of sp³-hybridized carbons (Fsp3) is 0.476. The normalized spacial score (nSPS) is 26.4. The van der Waals surface area contributed by atoms with Gasteiger partial charge in [-0.25, -0.2) is 14.3 Å². The van der Waals surface area contributed by atoms with E-state index in [2.05, 4.69) is 10.1 Å². The fourth-order valence-electron chi connectivity index (χ4n) is 3.22. The number of ether oxygens (including phenoxy) is 2. The maximum atomic E-state index is 15.3. The molecule has 1 aromatic heterocycles. The maximum Gasteiger partial charge on any atom is 0.351 e. The van der Waals surface area contributed by atoms with Gasteiger partial charge in [-0.15, -0.1) is 0 Å². The van der Waals surface area contributed by atoms with Gasteiger partial charge < -0.3 is 29.4 Å². The van der Waals surface area contributed by atoms with E-state index in [4.69, 9.17) is 47.7 Å². The Bertz CT molecular complexity index is 1170. The number of carbonyl (C=O) groups excluding carboxylic acids is 1. The number of rotatable bonds is 10. The van der Waals surface area contributed by atoms with Crippen LogP contribution in [0.1, 0.15) is 27.0 Å². The summed E-state index contributed by atoms with van der Waals surface area (Å²) in [4.78, 5) is 28.0. The topological polar surface area (TPSA) is 147 Å². The minimum absolute atomic E-state index is 0.0800. The van der Waals surface area contributed by atoms with E-state index < -0.39 is 54.5 Å². The number of alkyl halides is 2. The van der Waals surface area contributed by atoms with Crippen LogP contribution in [-0.4, -0.2) is 56.7 Å². The quantitative estimate of drug-likeness (QED) is 0.222. The Hall–Kier alpha value is -2.12. The Kier molecular flexibility index (Phi) is 9.10. The molecule has 0 saturated carbocycles. The third-order valence-corrected chi connectivity index (χ3v) is 7.83. The van der Waals surface area contributed by atoms with Gasteiger partial charge in [-0.3, -0.25) is 9.36 Å². The summed E-state index contributed by atoms with van der Waals surface area (Å²) in [6, 6.07) is 8.79. The van der Waals surface area contributed by atoms with Gasteiger partial charge in [0, 0.05) is 6.20 Å². The molecule has 1 aromatic carbocycles. The number of aliphatic hydroxyl groups excluding tert-OH is 1. The van der Waals surface area contributed by atoms with Crippen molar-refractivity contribution in [2.24, 2.45) is 0 Å². The summed E-state index contributed by atoms with van der Waals surface area (Å²) in [6.07, 6.45) is -4.22. The first-order valence-corrected chi connectivity index (χ1v) is 13.9. The smallest absolute Gasteiger partial charge is 0.351 e. The van der Waals surface area contributed by atoms with E-state index in [1.807, 2.05) is 0 Å². The second-order valence-corrected chi connectivity index (χ2v) is 11.9. The van der Waals surface area contributed by atoms with E-state index in [1.54, 1.807) is 44.2 Å². The van der Waals surface area contributed by atoms with Gasteiger partial charge in [0.15, 0.2) is 6.23 Å². The van der Waals surface area contributed by atoms with Crippen molar-refractivity contribution in [3.63, 3.8) is 0 Å². The zero-order valence-electron chi connectivity index (χ0n) is 19.6. The molecule has 0 spiro atoms. The number of carbonyl (C=O) groups is 1. The number of anilines is 1. The molecule has 4 N–H and O–H groups in total. The number of aliphatic hydroxyl groups is 1. The molecule has 6 atom stereocenters. The number of halogens is 2. The number of aromatic nitrogens is 2. The number of nitrogens with zero attached hydrogens (tertiary/aromatic N) is 2. The van der Waals surface area contributed by atoms with E-state index in [1.165, 1.54) is 13.0 Å². The molecule has 1 aliphatic heterocycles. The first kappa shape index (κ1) is 28.5. The molecule has 3 rings (SSSR count). The van der Waals surface area contributed by atoms with Crippen LogP contribution in [0.15, 0.2) is 47.4 Å². The largest absolute Gasteiger partial charge is 0.462 e. The second-order valence-electron chi connectivity index (χ2n) is 8.22. The number of benzene rings is 1. The standard InChI is InChI=1S/C21H27ClFN4O7PS/c1-12(2)32-18(29)13(3)26-35(36,34-14-7-5-4-6-8-14)31-11-15-17(28)21(22,23)19(33-15)27-10-9-16(24)25-20(27)30/h4-10,12-13,15,17,19,28H,11H2,1-3H3,(H,26,36)(H2,24,25,30)/t13-,15-,17-,19-,21+,35?/m1/s1. The number of nitrogen functional groups attached to an aromatic ring is 1. The first-order chi connectivity index (χ1) is 16.8.